The number of hydrogen-bond acceptors (Lipinski definition) is 10. The molecule has 2 aliphatic heterocycles. The van der Waals surface area contributed by atoms with E-state index in [4.69, 9.17) is 34.7 Å². The van der Waals surface area contributed by atoms with Crippen molar-refractivity contribution >= 4 is 34.6 Å². The predicted molar refractivity (Wildman–Crippen MR) is 221 cm³/mol. The van der Waals surface area contributed by atoms with Gasteiger partial charge < -0.3 is 21.3 Å². The van der Waals surface area contributed by atoms with Gasteiger partial charge in [-0.1, -0.05) is 59.6 Å². The van der Waals surface area contributed by atoms with E-state index in [1.54, 1.807) is 9.80 Å². The fourth-order valence-electron chi connectivity index (χ4n) is 7.90. The Balaban J connectivity index is 0.000000201. The van der Waals surface area contributed by atoms with E-state index in [0.717, 1.165) is 21.5 Å². The first-order chi connectivity index (χ1) is 31.8. The maximum absolute atomic E-state index is 13.5. The van der Waals surface area contributed by atoms with Gasteiger partial charge in [0.25, 0.3) is 11.1 Å². The third-order valence-corrected chi connectivity index (χ3v) is 11.9. The second kappa shape index (κ2) is 18.8. The second-order valence-electron chi connectivity index (χ2n) is 15.4. The van der Waals surface area contributed by atoms with Crippen LogP contribution in [0.2, 0.25) is 10.0 Å². The summed E-state index contributed by atoms with van der Waals surface area (Å²) in [5.41, 5.74) is 7.79. The van der Waals surface area contributed by atoms with Crippen LogP contribution in [0.3, 0.4) is 0 Å². The predicted octanol–water partition coefficient (Wildman–Crippen LogP) is 7.62. The standard InChI is InChI=1S/2C20H17ClF6N6O/c2*21-15-14(7-29-30-18(15)34)32-6-5-13-11(9-32)16(17(28)20(25,26)27)31-33(13)8-10-3-1-2-4-12(10)19(22,23)24/h2*1-4,7,17H,5-6,8-9,28H2,(H,30,34)/t17-;/m1./s1. The van der Waals surface area contributed by atoms with Gasteiger partial charge in [0.1, 0.15) is 22.1 Å². The third kappa shape index (κ3) is 10.3. The second-order valence-corrected chi connectivity index (χ2v) is 16.2. The summed E-state index contributed by atoms with van der Waals surface area (Å²) in [6.07, 6.45) is -16.2. The Morgan fingerprint density at radius 3 is 1.28 bits per heavy atom. The van der Waals surface area contributed by atoms with Crippen LogP contribution in [0.15, 0.2) is 70.5 Å². The van der Waals surface area contributed by atoms with Gasteiger partial charge in [0.05, 0.1) is 59.4 Å². The third-order valence-electron chi connectivity index (χ3n) is 11.1. The zero-order chi connectivity index (χ0) is 49.7. The molecule has 6 heterocycles. The molecule has 2 atom stereocenters. The topological polar surface area (TPSA) is 186 Å². The van der Waals surface area contributed by atoms with Crippen molar-refractivity contribution in [2.75, 3.05) is 22.9 Å². The van der Waals surface area contributed by atoms with E-state index < -0.39 is 83.5 Å². The highest BCUT2D eigenvalue weighted by Gasteiger charge is 2.45. The van der Waals surface area contributed by atoms with E-state index >= 15 is 0 Å². The molecule has 6 N–H and O–H groups in total. The zero-order valence-electron chi connectivity index (χ0n) is 34.4. The average molecular weight is 1010 g/mol. The van der Waals surface area contributed by atoms with Crippen molar-refractivity contribution in [2.24, 2.45) is 11.5 Å². The number of fused-ring (bicyclic) bond motifs is 2. The van der Waals surface area contributed by atoms with Gasteiger partial charge in [0.15, 0.2) is 0 Å². The van der Waals surface area contributed by atoms with Crippen molar-refractivity contribution < 1.29 is 52.7 Å². The van der Waals surface area contributed by atoms with Crippen LogP contribution < -0.4 is 32.4 Å². The minimum absolute atomic E-state index is 0.122. The molecule has 0 fully saturated rings. The summed E-state index contributed by atoms with van der Waals surface area (Å²) in [5.74, 6) is 0. The lowest BCUT2D eigenvalue weighted by atomic mass is 10.0. The number of anilines is 2. The summed E-state index contributed by atoms with van der Waals surface area (Å²) in [6, 6.07) is 4.67. The summed E-state index contributed by atoms with van der Waals surface area (Å²) >= 11 is 12.1. The van der Waals surface area contributed by atoms with Gasteiger partial charge in [-0.2, -0.15) is 73.1 Å². The van der Waals surface area contributed by atoms with Gasteiger partial charge in [0.2, 0.25) is 0 Å². The number of hydrogen-bond donors (Lipinski definition) is 4. The van der Waals surface area contributed by atoms with E-state index in [0.29, 0.717) is 11.4 Å². The first-order valence-corrected chi connectivity index (χ1v) is 20.6. The molecule has 2 aromatic carbocycles. The number of rotatable bonds is 8. The molecular weight excluding hydrogens is 979 g/mol. The molecule has 0 saturated heterocycles. The van der Waals surface area contributed by atoms with Gasteiger partial charge in [0, 0.05) is 61.5 Å². The zero-order valence-corrected chi connectivity index (χ0v) is 35.9. The molecule has 6 aromatic rings. The van der Waals surface area contributed by atoms with Crippen LogP contribution in [0, 0.1) is 0 Å². The number of halogens is 14. The molecule has 14 nitrogen and oxygen atoms in total. The highest BCUT2D eigenvalue weighted by molar-refractivity contribution is 6.33. The summed E-state index contributed by atoms with van der Waals surface area (Å²) in [7, 11) is 0. The number of nitrogens with zero attached hydrogens (tertiary/aromatic N) is 8. The van der Waals surface area contributed by atoms with Gasteiger partial charge in [-0.05, 0) is 23.3 Å². The molecule has 28 heteroatoms. The maximum atomic E-state index is 13.5. The quantitative estimate of drug-likeness (QED) is 0.111. The first-order valence-electron chi connectivity index (χ1n) is 19.8. The van der Waals surface area contributed by atoms with Crippen LogP contribution in [0.4, 0.5) is 64.1 Å². The van der Waals surface area contributed by atoms with Crippen molar-refractivity contribution in [3.8, 4) is 0 Å². The van der Waals surface area contributed by atoms with Gasteiger partial charge in [-0.3, -0.25) is 19.0 Å². The smallest absolute Gasteiger partial charge is 0.364 e. The molecule has 0 aliphatic carbocycles. The molecule has 1 unspecified atom stereocenters. The van der Waals surface area contributed by atoms with Crippen molar-refractivity contribution in [2.45, 2.75) is 75.8 Å². The Kier molecular flexibility index (Phi) is 13.7. The summed E-state index contributed by atoms with van der Waals surface area (Å²) in [6.45, 7) is -0.636. The molecular formula is C40H34Cl2F12N12O2. The van der Waals surface area contributed by atoms with Crippen molar-refractivity contribution in [3.05, 3.63) is 148 Å². The largest absolute Gasteiger partial charge is 0.416 e. The number of aromatic amines is 2. The van der Waals surface area contributed by atoms with Gasteiger partial charge >= 0.3 is 24.7 Å². The molecule has 2 aliphatic rings. The SMILES string of the molecule is NC(c1nn(Cc2ccccc2C(F)(F)F)c2c1CN(c1cn[nH]c(=O)c1Cl)CC2)C(F)(F)F.N[C@H](c1nn(Cc2ccccc2C(F)(F)F)c2c1CN(c1cn[nH]c(=O)c1Cl)CC2)C(F)(F)F. The molecule has 8 rings (SSSR count). The lowest BCUT2D eigenvalue weighted by Gasteiger charge is -2.30. The van der Waals surface area contributed by atoms with Crippen LogP contribution in [0.5, 0.6) is 0 Å². The Bertz CT molecular complexity index is 2730. The normalized spacial score (nSPS) is 15.4. The van der Waals surface area contributed by atoms with E-state index in [2.05, 4.69) is 30.6 Å². The number of nitrogens with two attached hydrogens (primary N) is 2. The Labute approximate surface area is 384 Å². The Morgan fingerprint density at radius 2 is 0.941 bits per heavy atom. The van der Waals surface area contributed by atoms with Crippen LogP contribution in [0.1, 0.15) is 68.2 Å². The van der Waals surface area contributed by atoms with Crippen LogP contribution >= 0.6 is 23.2 Å². The number of H-pyrrole nitrogens is 2. The minimum Gasteiger partial charge on any atom is -0.364 e. The van der Waals surface area contributed by atoms with Crippen LogP contribution in [0.25, 0.3) is 0 Å². The number of aromatic nitrogens is 8. The fourth-order valence-corrected chi connectivity index (χ4v) is 8.32. The summed E-state index contributed by atoms with van der Waals surface area (Å²) in [4.78, 5) is 26.7. The lowest BCUT2D eigenvalue weighted by molar-refractivity contribution is -0.151. The van der Waals surface area contributed by atoms with Crippen LogP contribution in [-0.2, 0) is 51.4 Å². The molecule has 0 amide bonds. The Hall–Kier alpha value is -6.12. The number of benzene rings is 2. The van der Waals surface area contributed by atoms with E-state index in [1.165, 1.54) is 48.8 Å². The maximum Gasteiger partial charge on any atom is 0.416 e. The van der Waals surface area contributed by atoms with E-state index in [-0.39, 0.29) is 82.7 Å². The summed E-state index contributed by atoms with van der Waals surface area (Å²) < 4.78 is 164. The van der Waals surface area contributed by atoms with Gasteiger partial charge in [-0.25, -0.2) is 10.2 Å². The number of nitrogens with one attached hydrogen (secondary N) is 2. The molecule has 0 radical (unpaired) electrons. The molecule has 0 spiro atoms. The molecule has 68 heavy (non-hydrogen) atoms. The van der Waals surface area contributed by atoms with Gasteiger partial charge in [-0.15, -0.1) is 0 Å². The highest BCUT2D eigenvalue weighted by Crippen LogP contribution is 2.40. The first kappa shape index (κ1) is 49.8. The molecule has 0 saturated carbocycles. The molecule has 0 bridgehead atoms. The van der Waals surface area contributed by atoms with Crippen LogP contribution in [-0.4, -0.2) is 65.4 Å². The molecule has 4 aromatic heterocycles. The van der Waals surface area contributed by atoms with Crippen molar-refractivity contribution in [1.29, 1.82) is 0 Å². The summed E-state index contributed by atoms with van der Waals surface area (Å²) in [5, 5.41) is 19.3. The average Bonchev–Trinajstić information content (AvgIpc) is 3.81. The van der Waals surface area contributed by atoms with Crippen molar-refractivity contribution in [1.82, 2.24) is 40.0 Å². The van der Waals surface area contributed by atoms with Crippen molar-refractivity contribution in [3.63, 3.8) is 0 Å². The molecule has 364 valence electrons. The lowest BCUT2D eigenvalue weighted by Crippen LogP contribution is -2.35. The highest BCUT2D eigenvalue weighted by atomic mass is 35.5. The van der Waals surface area contributed by atoms with E-state index in [9.17, 15) is 62.3 Å². The Morgan fingerprint density at radius 1 is 0.588 bits per heavy atom. The minimum atomic E-state index is -4.83. The monoisotopic (exact) mass is 1010 g/mol. The van der Waals surface area contributed by atoms with E-state index in [1.807, 2.05) is 0 Å². The fraction of sp³-hybridized carbons (Fsp3) is 0.350. The number of alkyl halides is 12.